The second-order valence-electron chi connectivity index (χ2n) is 4.93. The summed E-state index contributed by atoms with van der Waals surface area (Å²) < 4.78 is 0. The Morgan fingerprint density at radius 1 is 1.40 bits per heavy atom. The number of nitrogens with zero attached hydrogens (tertiary/aromatic N) is 1. The molecule has 2 N–H and O–H groups in total. The fraction of sp³-hybridized carbons (Fsp3) is 0.500. The number of carbonyl (C=O) groups is 2. The molecule has 2 rings (SSSR count). The predicted octanol–water partition coefficient (Wildman–Crippen LogP) is 2.18. The van der Waals surface area contributed by atoms with Crippen LogP contribution in [-0.2, 0) is 0 Å². The number of aromatic carboxylic acids is 1. The van der Waals surface area contributed by atoms with Gasteiger partial charge in [-0.15, -0.1) is 0 Å². The van der Waals surface area contributed by atoms with Crippen LogP contribution in [0.25, 0.3) is 0 Å². The Hall–Kier alpha value is -1.56. The van der Waals surface area contributed by atoms with Gasteiger partial charge in [0.25, 0.3) is 5.91 Å². The molecule has 1 aliphatic carbocycles. The zero-order valence-corrected chi connectivity index (χ0v) is 12.2. The molecule has 20 heavy (non-hydrogen) atoms. The second kappa shape index (κ2) is 6.74. The van der Waals surface area contributed by atoms with E-state index < -0.39 is 5.97 Å². The van der Waals surface area contributed by atoms with Crippen molar-refractivity contribution in [3.05, 3.63) is 29.6 Å². The van der Waals surface area contributed by atoms with Gasteiger partial charge in [0.05, 0.1) is 5.56 Å². The van der Waals surface area contributed by atoms with Crippen molar-refractivity contribution in [3.63, 3.8) is 0 Å². The van der Waals surface area contributed by atoms with Crippen LogP contribution in [0.5, 0.6) is 0 Å². The number of aromatic nitrogens is 1. The molecular formula is C14H18N2O3S. The number of carboxylic acid groups (broad SMARTS) is 1. The van der Waals surface area contributed by atoms with E-state index in [9.17, 15) is 9.59 Å². The number of carbonyl (C=O) groups excluding carboxylic acids is 1. The topological polar surface area (TPSA) is 79.3 Å². The van der Waals surface area contributed by atoms with Crippen molar-refractivity contribution in [2.24, 2.45) is 0 Å². The smallest absolute Gasteiger partial charge is 0.354 e. The fourth-order valence-electron chi connectivity index (χ4n) is 2.41. The summed E-state index contributed by atoms with van der Waals surface area (Å²) in [5.41, 5.74) is 0.350. The second-order valence-corrected chi connectivity index (χ2v) is 6.07. The molecular weight excluding hydrogens is 276 g/mol. The standard InChI is InChI=1S/C14H18N2O3S/c1-20-11-4-2-3-10(7-11)16-13(17)9-5-6-12(14(18)19)15-8-9/h5-6,8,10-11H,2-4,7H2,1H3,(H,16,17)(H,18,19)/t10-,11+/m1/s1. The lowest BCUT2D eigenvalue weighted by Crippen LogP contribution is -2.39. The first-order chi connectivity index (χ1) is 9.60. The van der Waals surface area contributed by atoms with E-state index in [-0.39, 0.29) is 17.6 Å². The first-order valence-electron chi connectivity index (χ1n) is 6.63. The Morgan fingerprint density at radius 3 is 2.80 bits per heavy atom. The molecule has 0 unspecified atom stereocenters. The number of amides is 1. The van der Waals surface area contributed by atoms with E-state index in [2.05, 4.69) is 16.6 Å². The van der Waals surface area contributed by atoms with Crippen molar-refractivity contribution >= 4 is 23.6 Å². The van der Waals surface area contributed by atoms with Crippen molar-refractivity contribution in [3.8, 4) is 0 Å². The van der Waals surface area contributed by atoms with Gasteiger partial charge in [-0.1, -0.05) is 6.42 Å². The number of hydrogen-bond donors (Lipinski definition) is 2. The monoisotopic (exact) mass is 294 g/mol. The fourth-order valence-corrected chi connectivity index (χ4v) is 3.24. The van der Waals surface area contributed by atoms with Crippen LogP contribution in [0.3, 0.4) is 0 Å². The summed E-state index contributed by atoms with van der Waals surface area (Å²) in [7, 11) is 0. The van der Waals surface area contributed by atoms with Gasteiger partial charge >= 0.3 is 5.97 Å². The highest BCUT2D eigenvalue weighted by molar-refractivity contribution is 7.99. The van der Waals surface area contributed by atoms with Crippen molar-refractivity contribution in [1.29, 1.82) is 0 Å². The van der Waals surface area contributed by atoms with Gasteiger partial charge in [0, 0.05) is 17.5 Å². The molecule has 1 heterocycles. The molecule has 1 saturated carbocycles. The van der Waals surface area contributed by atoms with E-state index in [0.717, 1.165) is 19.3 Å². The van der Waals surface area contributed by atoms with Gasteiger partial charge in [-0.25, -0.2) is 9.78 Å². The van der Waals surface area contributed by atoms with Gasteiger partial charge in [-0.3, -0.25) is 4.79 Å². The molecule has 6 heteroatoms. The summed E-state index contributed by atoms with van der Waals surface area (Å²) >= 11 is 1.85. The Morgan fingerprint density at radius 2 is 2.20 bits per heavy atom. The molecule has 0 aromatic carbocycles. The molecule has 108 valence electrons. The van der Waals surface area contributed by atoms with Crippen molar-refractivity contribution < 1.29 is 14.7 Å². The highest BCUT2D eigenvalue weighted by Crippen LogP contribution is 2.27. The zero-order valence-electron chi connectivity index (χ0n) is 11.3. The number of pyridine rings is 1. The first-order valence-corrected chi connectivity index (χ1v) is 7.92. The van der Waals surface area contributed by atoms with Crippen LogP contribution in [-0.4, -0.2) is 39.5 Å². The van der Waals surface area contributed by atoms with Gasteiger partial charge < -0.3 is 10.4 Å². The third-order valence-corrected chi connectivity index (χ3v) is 4.63. The van der Waals surface area contributed by atoms with Crippen LogP contribution in [0.1, 0.15) is 46.5 Å². The Kier molecular flexibility index (Phi) is 5.00. The third-order valence-electron chi connectivity index (χ3n) is 3.54. The molecule has 2 atom stereocenters. The molecule has 0 bridgehead atoms. The highest BCUT2D eigenvalue weighted by Gasteiger charge is 2.23. The predicted molar refractivity (Wildman–Crippen MR) is 78.2 cm³/mol. The van der Waals surface area contributed by atoms with Gasteiger partial charge in [-0.2, -0.15) is 11.8 Å². The number of hydrogen-bond acceptors (Lipinski definition) is 4. The summed E-state index contributed by atoms with van der Waals surface area (Å²) in [5.74, 6) is -1.27. The van der Waals surface area contributed by atoms with Crippen molar-refractivity contribution in [2.75, 3.05) is 6.26 Å². The molecule has 0 saturated heterocycles. The van der Waals surface area contributed by atoms with Crippen LogP contribution < -0.4 is 5.32 Å². The Labute approximate surface area is 122 Å². The summed E-state index contributed by atoms with van der Waals surface area (Å²) in [6.07, 6.45) is 7.75. The van der Waals surface area contributed by atoms with Crippen LogP contribution in [0, 0.1) is 0 Å². The molecule has 1 aromatic rings. The quantitative estimate of drug-likeness (QED) is 0.890. The molecule has 1 amide bonds. The summed E-state index contributed by atoms with van der Waals surface area (Å²) in [4.78, 5) is 26.5. The first kappa shape index (κ1) is 14.8. The average Bonchev–Trinajstić information content (AvgIpc) is 2.47. The van der Waals surface area contributed by atoms with Crippen LogP contribution in [0.15, 0.2) is 18.3 Å². The van der Waals surface area contributed by atoms with E-state index in [1.54, 1.807) is 0 Å². The van der Waals surface area contributed by atoms with Gasteiger partial charge in [0.15, 0.2) is 0 Å². The molecule has 1 aliphatic rings. The van der Waals surface area contributed by atoms with E-state index in [0.29, 0.717) is 10.8 Å². The normalized spacial score (nSPS) is 22.2. The minimum absolute atomic E-state index is 0.0540. The van der Waals surface area contributed by atoms with Crippen LogP contribution >= 0.6 is 11.8 Å². The molecule has 1 fully saturated rings. The zero-order chi connectivity index (χ0) is 14.5. The lowest BCUT2D eigenvalue weighted by molar-refractivity contribution is 0.0689. The number of thioether (sulfide) groups is 1. The summed E-state index contributed by atoms with van der Waals surface area (Å²) in [5, 5.41) is 12.4. The Balaban J connectivity index is 1.95. The van der Waals surface area contributed by atoms with Crippen LogP contribution in [0.2, 0.25) is 0 Å². The third kappa shape index (κ3) is 3.72. The minimum Gasteiger partial charge on any atom is -0.477 e. The van der Waals surface area contributed by atoms with Gasteiger partial charge in [0.2, 0.25) is 0 Å². The van der Waals surface area contributed by atoms with E-state index in [1.807, 2.05) is 11.8 Å². The molecule has 0 spiro atoms. The Bertz CT molecular complexity index is 490. The molecule has 1 aromatic heterocycles. The van der Waals surface area contributed by atoms with Crippen LogP contribution in [0.4, 0.5) is 0 Å². The van der Waals surface area contributed by atoms with E-state index in [1.165, 1.54) is 24.8 Å². The number of nitrogens with one attached hydrogen (secondary N) is 1. The molecule has 0 radical (unpaired) electrons. The lowest BCUT2D eigenvalue weighted by Gasteiger charge is -2.28. The maximum absolute atomic E-state index is 12.1. The maximum Gasteiger partial charge on any atom is 0.354 e. The summed E-state index contributed by atoms with van der Waals surface area (Å²) in [6.45, 7) is 0. The highest BCUT2D eigenvalue weighted by atomic mass is 32.2. The largest absolute Gasteiger partial charge is 0.477 e. The lowest BCUT2D eigenvalue weighted by atomic mass is 9.95. The number of rotatable bonds is 4. The van der Waals surface area contributed by atoms with E-state index in [4.69, 9.17) is 5.11 Å². The maximum atomic E-state index is 12.1. The SMILES string of the molecule is CS[C@H]1CCC[C@@H](NC(=O)c2ccc(C(=O)O)nc2)C1. The molecule has 0 aliphatic heterocycles. The van der Waals surface area contributed by atoms with Gasteiger partial charge in [-0.05, 0) is 37.7 Å². The summed E-state index contributed by atoms with van der Waals surface area (Å²) in [6, 6.07) is 3.05. The average molecular weight is 294 g/mol. The van der Waals surface area contributed by atoms with Crippen molar-refractivity contribution in [2.45, 2.75) is 37.0 Å². The van der Waals surface area contributed by atoms with E-state index >= 15 is 0 Å². The van der Waals surface area contributed by atoms with Gasteiger partial charge in [0.1, 0.15) is 5.69 Å². The molecule has 5 nitrogen and oxygen atoms in total. The van der Waals surface area contributed by atoms with Crippen molar-refractivity contribution in [1.82, 2.24) is 10.3 Å². The minimum atomic E-state index is -1.09. The number of carboxylic acids is 1.